The van der Waals surface area contributed by atoms with Crippen molar-refractivity contribution in [2.75, 3.05) is 44.2 Å². The van der Waals surface area contributed by atoms with Gasteiger partial charge in [0, 0.05) is 56.3 Å². The number of hydrogen-bond acceptors (Lipinski definition) is 4. The van der Waals surface area contributed by atoms with E-state index in [4.69, 9.17) is 0 Å². The minimum atomic E-state index is 0.276. The second-order valence-corrected chi connectivity index (χ2v) is 8.63. The highest BCUT2D eigenvalue weighted by Crippen LogP contribution is 2.26. The van der Waals surface area contributed by atoms with Gasteiger partial charge in [0.1, 0.15) is 0 Å². The number of amides is 1. The van der Waals surface area contributed by atoms with Crippen molar-refractivity contribution in [1.82, 2.24) is 9.21 Å². The molecule has 1 saturated heterocycles. The number of benzene rings is 2. The number of rotatable bonds is 9. The van der Waals surface area contributed by atoms with E-state index in [9.17, 15) is 4.79 Å². The molecule has 29 heavy (non-hydrogen) atoms. The number of carbonyl (C=O) groups is 1. The van der Waals surface area contributed by atoms with Gasteiger partial charge in [-0.1, -0.05) is 37.3 Å². The normalized spacial score (nSPS) is 14.8. The molecule has 4 nitrogen and oxygen atoms in total. The average molecular weight is 412 g/mol. The molecule has 0 unspecified atom stereocenters. The standard InChI is InChI=1S/C24H33N3OS/c1-3-16-25(4-2)22-11-13-23(14-12-22)29-27-19-17-26(18-20-27)24(28)15-10-21-8-6-5-7-9-21/h5-9,11-14H,3-4,10,15-20H2,1-2H3. The number of anilines is 1. The molecule has 1 aliphatic rings. The molecule has 3 rings (SSSR count). The number of carbonyl (C=O) groups excluding carboxylic acids is 1. The van der Waals surface area contributed by atoms with Crippen molar-refractivity contribution in [2.24, 2.45) is 0 Å². The molecule has 1 heterocycles. The van der Waals surface area contributed by atoms with Gasteiger partial charge in [-0.2, -0.15) is 0 Å². The van der Waals surface area contributed by atoms with Gasteiger partial charge in [0.25, 0.3) is 0 Å². The molecule has 5 heteroatoms. The lowest BCUT2D eigenvalue weighted by atomic mass is 10.1. The average Bonchev–Trinajstić information content (AvgIpc) is 2.78. The van der Waals surface area contributed by atoms with Gasteiger partial charge in [-0.3, -0.25) is 4.79 Å². The molecule has 0 bridgehead atoms. The summed E-state index contributed by atoms with van der Waals surface area (Å²) in [6, 6.07) is 19.2. The van der Waals surface area contributed by atoms with Crippen molar-refractivity contribution >= 4 is 23.5 Å². The highest BCUT2D eigenvalue weighted by molar-refractivity contribution is 7.97. The molecule has 0 spiro atoms. The molecular weight excluding hydrogens is 378 g/mol. The van der Waals surface area contributed by atoms with E-state index in [0.717, 1.165) is 45.7 Å². The van der Waals surface area contributed by atoms with Gasteiger partial charge < -0.3 is 9.80 Å². The Hall–Kier alpha value is -1.98. The van der Waals surface area contributed by atoms with Gasteiger partial charge in [0.05, 0.1) is 0 Å². The Morgan fingerprint density at radius 2 is 1.66 bits per heavy atom. The summed E-state index contributed by atoms with van der Waals surface area (Å²) in [6.07, 6.45) is 2.59. The van der Waals surface area contributed by atoms with Crippen LogP contribution in [0, 0.1) is 0 Å². The Morgan fingerprint density at radius 3 is 2.28 bits per heavy atom. The summed E-state index contributed by atoms with van der Waals surface area (Å²) in [5.74, 6) is 0.276. The van der Waals surface area contributed by atoms with Gasteiger partial charge in [-0.25, -0.2) is 4.31 Å². The van der Waals surface area contributed by atoms with E-state index in [1.165, 1.54) is 22.6 Å². The zero-order valence-electron chi connectivity index (χ0n) is 17.7. The Kier molecular flexibility index (Phi) is 8.44. The SMILES string of the molecule is CCCN(CC)c1ccc(SN2CCN(C(=O)CCc3ccccc3)CC2)cc1. The fourth-order valence-corrected chi connectivity index (χ4v) is 4.59. The van der Waals surface area contributed by atoms with Crippen LogP contribution in [-0.4, -0.2) is 54.4 Å². The van der Waals surface area contributed by atoms with E-state index < -0.39 is 0 Å². The first-order chi connectivity index (χ1) is 14.2. The molecule has 156 valence electrons. The molecule has 1 amide bonds. The summed E-state index contributed by atoms with van der Waals surface area (Å²) in [5, 5.41) is 0. The van der Waals surface area contributed by atoms with Crippen LogP contribution < -0.4 is 4.90 Å². The van der Waals surface area contributed by atoms with E-state index in [-0.39, 0.29) is 5.91 Å². The molecule has 2 aromatic rings. The van der Waals surface area contributed by atoms with Gasteiger partial charge in [0.15, 0.2) is 0 Å². The highest BCUT2D eigenvalue weighted by atomic mass is 32.2. The third-order valence-electron chi connectivity index (χ3n) is 5.37. The van der Waals surface area contributed by atoms with Crippen LogP contribution in [0.4, 0.5) is 5.69 Å². The predicted molar refractivity (Wildman–Crippen MR) is 123 cm³/mol. The molecule has 1 aliphatic heterocycles. The summed E-state index contributed by atoms with van der Waals surface area (Å²) in [6.45, 7) is 10.0. The lowest BCUT2D eigenvalue weighted by Gasteiger charge is -2.34. The molecule has 0 N–H and O–H groups in total. The molecular formula is C24H33N3OS. The Balaban J connectivity index is 1.43. The van der Waals surface area contributed by atoms with E-state index >= 15 is 0 Å². The number of aryl methyl sites for hydroxylation is 1. The lowest BCUT2D eigenvalue weighted by Crippen LogP contribution is -2.46. The summed E-state index contributed by atoms with van der Waals surface area (Å²) >= 11 is 1.81. The number of nitrogens with zero attached hydrogens (tertiary/aromatic N) is 3. The van der Waals surface area contributed by atoms with Crippen LogP contribution in [0.1, 0.15) is 32.3 Å². The molecule has 0 aromatic heterocycles. The largest absolute Gasteiger partial charge is 0.372 e. The number of hydrogen-bond donors (Lipinski definition) is 0. The first kappa shape index (κ1) is 21.7. The predicted octanol–water partition coefficient (Wildman–Crippen LogP) is 4.71. The summed E-state index contributed by atoms with van der Waals surface area (Å²) in [7, 11) is 0. The van der Waals surface area contributed by atoms with Gasteiger partial charge in [-0.05, 0) is 61.5 Å². The van der Waals surface area contributed by atoms with Gasteiger partial charge in [0.2, 0.25) is 5.91 Å². The smallest absolute Gasteiger partial charge is 0.222 e. The van der Waals surface area contributed by atoms with Crippen molar-refractivity contribution < 1.29 is 4.79 Å². The zero-order chi connectivity index (χ0) is 20.5. The fraction of sp³-hybridized carbons (Fsp3) is 0.458. The minimum absolute atomic E-state index is 0.276. The fourth-order valence-electron chi connectivity index (χ4n) is 3.69. The van der Waals surface area contributed by atoms with Crippen LogP contribution in [0.2, 0.25) is 0 Å². The molecule has 0 aliphatic carbocycles. The van der Waals surface area contributed by atoms with Crippen LogP contribution >= 0.6 is 11.9 Å². The van der Waals surface area contributed by atoms with Crippen LogP contribution in [0.15, 0.2) is 59.5 Å². The van der Waals surface area contributed by atoms with E-state index in [1.54, 1.807) is 11.9 Å². The van der Waals surface area contributed by atoms with Crippen LogP contribution in [-0.2, 0) is 11.2 Å². The third kappa shape index (κ3) is 6.51. The van der Waals surface area contributed by atoms with Gasteiger partial charge in [-0.15, -0.1) is 0 Å². The maximum atomic E-state index is 12.5. The van der Waals surface area contributed by atoms with Crippen molar-refractivity contribution in [3.05, 3.63) is 60.2 Å². The zero-order valence-corrected chi connectivity index (χ0v) is 18.5. The maximum Gasteiger partial charge on any atom is 0.222 e. The van der Waals surface area contributed by atoms with Crippen molar-refractivity contribution in [1.29, 1.82) is 0 Å². The Morgan fingerprint density at radius 1 is 0.966 bits per heavy atom. The molecule has 2 aromatic carbocycles. The van der Waals surface area contributed by atoms with E-state index in [2.05, 4.69) is 59.5 Å². The Labute approximate surface area is 180 Å². The van der Waals surface area contributed by atoms with E-state index in [1.807, 2.05) is 23.1 Å². The van der Waals surface area contributed by atoms with Crippen molar-refractivity contribution in [2.45, 2.75) is 38.0 Å². The quantitative estimate of drug-likeness (QED) is 0.559. The third-order valence-corrected chi connectivity index (χ3v) is 6.48. The van der Waals surface area contributed by atoms with Crippen LogP contribution in [0.5, 0.6) is 0 Å². The molecule has 0 saturated carbocycles. The van der Waals surface area contributed by atoms with Crippen LogP contribution in [0.25, 0.3) is 0 Å². The van der Waals surface area contributed by atoms with Crippen LogP contribution in [0.3, 0.4) is 0 Å². The maximum absolute atomic E-state index is 12.5. The highest BCUT2D eigenvalue weighted by Gasteiger charge is 2.21. The second-order valence-electron chi connectivity index (χ2n) is 7.46. The lowest BCUT2D eigenvalue weighted by molar-refractivity contribution is -0.132. The van der Waals surface area contributed by atoms with Crippen molar-refractivity contribution in [3.63, 3.8) is 0 Å². The summed E-state index contributed by atoms with van der Waals surface area (Å²) in [4.78, 5) is 18.2. The first-order valence-electron chi connectivity index (χ1n) is 10.8. The number of piperazine rings is 1. The minimum Gasteiger partial charge on any atom is -0.372 e. The van der Waals surface area contributed by atoms with Gasteiger partial charge >= 0.3 is 0 Å². The van der Waals surface area contributed by atoms with Crippen molar-refractivity contribution in [3.8, 4) is 0 Å². The topological polar surface area (TPSA) is 26.8 Å². The van der Waals surface area contributed by atoms with E-state index in [0.29, 0.717) is 6.42 Å². The molecule has 1 fully saturated rings. The second kappa shape index (κ2) is 11.3. The first-order valence-corrected chi connectivity index (χ1v) is 11.6. The Bertz CT molecular complexity index is 742. The summed E-state index contributed by atoms with van der Waals surface area (Å²) < 4.78 is 2.37. The molecule has 0 atom stereocenters. The summed E-state index contributed by atoms with van der Waals surface area (Å²) in [5.41, 5.74) is 2.53. The molecule has 0 radical (unpaired) electrons. The monoisotopic (exact) mass is 411 g/mol.